The van der Waals surface area contributed by atoms with E-state index in [-0.39, 0.29) is 12.6 Å². The molecule has 3 heteroatoms. The first kappa shape index (κ1) is 15.0. The van der Waals surface area contributed by atoms with Crippen molar-refractivity contribution in [3.8, 4) is 5.75 Å². The highest BCUT2D eigenvalue weighted by Gasteiger charge is 2.10. The number of rotatable bonds is 8. The van der Waals surface area contributed by atoms with Crippen molar-refractivity contribution < 1.29 is 10.2 Å². The van der Waals surface area contributed by atoms with Crippen LogP contribution >= 0.6 is 0 Å². The Labute approximate surface area is 110 Å². The third kappa shape index (κ3) is 5.07. The molecule has 102 valence electrons. The second kappa shape index (κ2) is 8.11. The highest BCUT2D eigenvalue weighted by Crippen LogP contribution is 2.18. The first-order chi connectivity index (χ1) is 8.67. The molecule has 3 N–H and O–H groups in total. The van der Waals surface area contributed by atoms with Crippen LogP contribution < -0.4 is 5.32 Å². The fourth-order valence-electron chi connectivity index (χ4n) is 2.19. The number of hydrogen-bond donors (Lipinski definition) is 3. The first-order valence-electron chi connectivity index (χ1n) is 6.80. The van der Waals surface area contributed by atoms with Crippen molar-refractivity contribution in [2.75, 3.05) is 13.2 Å². The summed E-state index contributed by atoms with van der Waals surface area (Å²) in [5, 5.41) is 21.9. The number of hydrogen-bond acceptors (Lipinski definition) is 3. The molecule has 0 saturated carbocycles. The normalized spacial score (nSPS) is 14.4. The monoisotopic (exact) mass is 251 g/mol. The minimum Gasteiger partial charge on any atom is -0.508 e. The number of aliphatic hydroxyl groups is 1. The Kier molecular flexibility index (Phi) is 6.76. The highest BCUT2D eigenvalue weighted by atomic mass is 16.3. The van der Waals surface area contributed by atoms with Crippen LogP contribution in [-0.2, 0) is 0 Å². The second-order valence-electron chi connectivity index (χ2n) is 4.89. The van der Waals surface area contributed by atoms with Gasteiger partial charge in [-0.15, -0.1) is 0 Å². The summed E-state index contributed by atoms with van der Waals surface area (Å²) in [7, 11) is 0. The van der Waals surface area contributed by atoms with Gasteiger partial charge >= 0.3 is 0 Å². The number of aliphatic hydroxyl groups excluding tert-OH is 1. The highest BCUT2D eigenvalue weighted by molar-refractivity contribution is 5.28. The van der Waals surface area contributed by atoms with Gasteiger partial charge in [0.15, 0.2) is 0 Å². The van der Waals surface area contributed by atoms with E-state index in [9.17, 15) is 5.11 Å². The third-order valence-corrected chi connectivity index (χ3v) is 3.32. The van der Waals surface area contributed by atoms with Crippen LogP contribution in [0.1, 0.15) is 44.7 Å². The van der Waals surface area contributed by atoms with Crippen molar-refractivity contribution in [1.82, 2.24) is 5.32 Å². The molecule has 1 aromatic carbocycles. The number of nitrogens with one attached hydrogen (secondary N) is 1. The van der Waals surface area contributed by atoms with Gasteiger partial charge < -0.3 is 15.5 Å². The summed E-state index contributed by atoms with van der Waals surface area (Å²) in [6.07, 6.45) is 3.14. The number of phenols is 1. The Bertz CT molecular complexity index is 335. The predicted molar refractivity (Wildman–Crippen MR) is 74.6 cm³/mol. The largest absolute Gasteiger partial charge is 0.508 e. The quantitative estimate of drug-likeness (QED) is 0.666. The maximum absolute atomic E-state index is 9.45. The zero-order valence-corrected chi connectivity index (χ0v) is 11.4. The van der Waals surface area contributed by atoms with E-state index in [0.29, 0.717) is 11.7 Å². The topological polar surface area (TPSA) is 52.5 Å². The standard InChI is InChI=1S/C15H25NO2/c1-3-5-13(8-9-17)11-16-12(2)14-6-4-7-15(18)10-14/h4,6-7,10,12-13,16-18H,3,5,8-9,11H2,1-2H3. The van der Waals surface area contributed by atoms with Crippen LogP contribution in [0.25, 0.3) is 0 Å². The fourth-order valence-corrected chi connectivity index (χ4v) is 2.19. The maximum Gasteiger partial charge on any atom is 0.115 e. The molecule has 3 nitrogen and oxygen atoms in total. The molecule has 0 aliphatic rings. The minimum atomic E-state index is 0.218. The predicted octanol–water partition coefficient (Wildman–Crippen LogP) is 2.84. The molecule has 0 aliphatic carbocycles. The van der Waals surface area contributed by atoms with Crippen molar-refractivity contribution in [3.05, 3.63) is 29.8 Å². The molecule has 0 saturated heterocycles. The molecular formula is C15H25NO2. The van der Waals surface area contributed by atoms with Gasteiger partial charge in [0.05, 0.1) is 0 Å². The van der Waals surface area contributed by atoms with E-state index in [1.165, 1.54) is 0 Å². The molecule has 0 fully saturated rings. The van der Waals surface area contributed by atoms with Crippen LogP contribution in [0, 0.1) is 5.92 Å². The van der Waals surface area contributed by atoms with Crippen LogP contribution in [0.3, 0.4) is 0 Å². The van der Waals surface area contributed by atoms with Gasteiger partial charge in [-0.05, 0) is 49.9 Å². The Morgan fingerprint density at radius 2 is 2.06 bits per heavy atom. The van der Waals surface area contributed by atoms with Crippen LogP contribution in [0.2, 0.25) is 0 Å². The van der Waals surface area contributed by atoms with E-state index in [2.05, 4.69) is 19.2 Å². The smallest absolute Gasteiger partial charge is 0.115 e. The van der Waals surface area contributed by atoms with Crippen molar-refractivity contribution >= 4 is 0 Å². The molecule has 0 heterocycles. The van der Waals surface area contributed by atoms with Crippen molar-refractivity contribution in [2.24, 2.45) is 5.92 Å². The lowest BCUT2D eigenvalue weighted by molar-refractivity contribution is 0.246. The molecule has 0 amide bonds. The summed E-state index contributed by atoms with van der Waals surface area (Å²) in [5.74, 6) is 0.835. The Hall–Kier alpha value is -1.06. The average Bonchev–Trinajstić information content (AvgIpc) is 2.36. The average molecular weight is 251 g/mol. The Balaban J connectivity index is 2.46. The summed E-state index contributed by atoms with van der Waals surface area (Å²) >= 11 is 0. The molecule has 2 unspecified atom stereocenters. The number of aromatic hydroxyl groups is 1. The Morgan fingerprint density at radius 1 is 1.28 bits per heavy atom. The van der Waals surface area contributed by atoms with Gasteiger partial charge in [-0.2, -0.15) is 0 Å². The van der Waals surface area contributed by atoms with Gasteiger partial charge in [-0.25, -0.2) is 0 Å². The van der Waals surface area contributed by atoms with E-state index in [4.69, 9.17) is 5.11 Å². The SMILES string of the molecule is CCCC(CCO)CNC(C)c1cccc(O)c1. The lowest BCUT2D eigenvalue weighted by Crippen LogP contribution is -2.26. The molecule has 2 atom stereocenters. The van der Waals surface area contributed by atoms with E-state index in [0.717, 1.165) is 31.4 Å². The van der Waals surface area contributed by atoms with E-state index in [1.807, 2.05) is 12.1 Å². The number of phenolic OH excluding ortho intramolecular Hbond substituents is 1. The molecule has 1 rings (SSSR count). The summed E-state index contributed by atoms with van der Waals surface area (Å²) in [6.45, 7) is 5.43. The second-order valence-corrected chi connectivity index (χ2v) is 4.89. The lowest BCUT2D eigenvalue weighted by atomic mass is 9.99. The minimum absolute atomic E-state index is 0.218. The molecule has 0 aliphatic heterocycles. The first-order valence-corrected chi connectivity index (χ1v) is 6.80. The fraction of sp³-hybridized carbons (Fsp3) is 0.600. The molecule has 0 radical (unpaired) electrons. The van der Waals surface area contributed by atoms with Crippen LogP contribution in [0.4, 0.5) is 0 Å². The summed E-state index contributed by atoms with van der Waals surface area (Å²) < 4.78 is 0. The molecular weight excluding hydrogens is 226 g/mol. The zero-order valence-electron chi connectivity index (χ0n) is 11.4. The van der Waals surface area contributed by atoms with Gasteiger partial charge in [0.2, 0.25) is 0 Å². The third-order valence-electron chi connectivity index (χ3n) is 3.32. The van der Waals surface area contributed by atoms with Crippen molar-refractivity contribution in [3.63, 3.8) is 0 Å². The van der Waals surface area contributed by atoms with Crippen LogP contribution in [-0.4, -0.2) is 23.4 Å². The number of benzene rings is 1. The summed E-state index contributed by atoms with van der Waals surface area (Å²) in [6, 6.07) is 7.56. The molecule has 0 spiro atoms. The van der Waals surface area contributed by atoms with Gasteiger partial charge in [0.25, 0.3) is 0 Å². The zero-order chi connectivity index (χ0) is 13.4. The van der Waals surface area contributed by atoms with Crippen LogP contribution in [0.5, 0.6) is 5.75 Å². The molecule has 0 bridgehead atoms. The lowest BCUT2D eigenvalue weighted by Gasteiger charge is -2.20. The maximum atomic E-state index is 9.45. The van der Waals surface area contributed by atoms with Gasteiger partial charge in [-0.1, -0.05) is 25.5 Å². The van der Waals surface area contributed by atoms with Gasteiger partial charge in [0, 0.05) is 12.6 Å². The Morgan fingerprint density at radius 3 is 2.67 bits per heavy atom. The summed E-state index contributed by atoms with van der Waals surface area (Å²) in [4.78, 5) is 0. The van der Waals surface area contributed by atoms with Gasteiger partial charge in [0.1, 0.15) is 5.75 Å². The molecule has 1 aromatic rings. The van der Waals surface area contributed by atoms with E-state index in [1.54, 1.807) is 12.1 Å². The molecule has 0 aromatic heterocycles. The summed E-state index contributed by atoms with van der Waals surface area (Å²) in [5.41, 5.74) is 1.09. The van der Waals surface area contributed by atoms with Crippen molar-refractivity contribution in [1.29, 1.82) is 0 Å². The van der Waals surface area contributed by atoms with Gasteiger partial charge in [-0.3, -0.25) is 0 Å². The van der Waals surface area contributed by atoms with E-state index < -0.39 is 0 Å². The van der Waals surface area contributed by atoms with Crippen LogP contribution in [0.15, 0.2) is 24.3 Å². The van der Waals surface area contributed by atoms with E-state index >= 15 is 0 Å². The molecule has 18 heavy (non-hydrogen) atoms. The van der Waals surface area contributed by atoms with Crippen molar-refractivity contribution in [2.45, 2.75) is 39.2 Å².